The van der Waals surface area contributed by atoms with E-state index in [0.29, 0.717) is 0 Å². The van der Waals surface area contributed by atoms with Gasteiger partial charge in [0, 0.05) is 0 Å². The third kappa shape index (κ3) is 22.1. The first kappa shape index (κ1) is 26.1. The number of hydrogen-bond acceptors (Lipinski definition) is 7. The Morgan fingerprint density at radius 3 is 1.00 bits per heavy atom. The molecule has 0 aliphatic heterocycles. The molecule has 0 saturated carbocycles. The first-order valence-electron chi connectivity index (χ1n) is 1.64. The quantitative estimate of drug-likeness (QED) is 0.424. The third-order valence-corrected chi connectivity index (χ3v) is 7.20. The summed E-state index contributed by atoms with van der Waals surface area (Å²) < 4.78 is 55.9. The van der Waals surface area contributed by atoms with Crippen LogP contribution in [0.3, 0.4) is 0 Å². The van der Waals surface area contributed by atoms with Gasteiger partial charge in [-0.05, 0) is 0 Å². The molecule has 0 rings (SSSR count). The van der Waals surface area contributed by atoms with Gasteiger partial charge in [-0.15, -0.1) is 0 Å². The van der Waals surface area contributed by atoms with Crippen molar-refractivity contribution in [2.24, 2.45) is 0 Å². The van der Waals surface area contributed by atoms with E-state index in [4.69, 9.17) is 0 Å². The van der Waals surface area contributed by atoms with Crippen molar-refractivity contribution in [3.8, 4) is 0 Å². The van der Waals surface area contributed by atoms with Gasteiger partial charge in [-0.1, -0.05) is 0 Å². The van der Waals surface area contributed by atoms with Crippen molar-refractivity contribution in [1.29, 1.82) is 0 Å². The molecule has 0 aliphatic rings. The zero-order chi connectivity index (χ0) is 8.15. The molecule has 62 valence electrons. The van der Waals surface area contributed by atoms with Gasteiger partial charge in [0.1, 0.15) is 0 Å². The molecule has 0 aliphatic carbocycles. The van der Waals surface area contributed by atoms with Crippen LogP contribution in [0.15, 0.2) is 0 Å². The van der Waals surface area contributed by atoms with E-state index >= 15 is 0 Å². The van der Waals surface area contributed by atoms with Gasteiger partial charge in [0.2, 0.25) is 0 Å². The van der Waals surface area contributed by atoms with Gasteiger partial charge in [0.15, 0.2) is 0 Å². The molecule has 0 aromatic carbocycles. The SMILES string of the molecule is [Na+].[Na+].[Na+].[O-][As]([O-])O[As]([O-])O[As]([O-])[O-]. The number of rotatable bonds is 4. The Balaban J connectivity index is -0.000000135. The van der Waals surface area contributed by atoms with Crippen LogP contribution in [0.5, 0.6) is 0 Å². The Kier molecular flexibility index (Phi) is 32.9. The van der Waals surface area contributed by atoms with Crippen LogP contribution >= 0.6 is 0 Å². The second-order valence-corrected chi connectivity index (χ2v) is 7.89. The van der Waals surface area contributed by atoms with Gasteiger partial charge in [-0.25, -0.2) is 0 Å². The Morgan fingerprint density at radius 2 is 0.846 bits per heavy atom. The van der Waals surface area contributed by atoms with Crippen molar-refractivity contribution in [1.82, 2.24) is 0 Å². The van der Waals surface area contributed by atoms with E-state index in [-0.39, 0.29) is 88.7 Å². The molecule has 0 fully saturated rings. The summed E-state index contributed by atoms with van der Waals surface area (Å²) in [6, 6.07) is 0. The summed E-state index contributed by atoms with van der Waals surface area (Å²) in [5.41, 5.74) is 0. The Hall–Kier alpha value is 4.40. The average Bonchev–Trinajstić information content (AvgIpc) is 1.58. The molecule has 0 spiro atoms. The minimum absolute atomic E-state index is 0. The zero-order valence-corrected chi connectivity index (χ0v) is 18.8. The molecular formula is As3Na3O7-2. The predicted molar refractivity (Wildman–Crippen MR) is 19.4 cm³/mol. The van der Waals surface area contributed by atoms with E-state index in [1.165, 1.54) is 0 Å². The van der Waals surface area contributed by atoms with Crippen molar-refractivity contribution < 1.29 is 115 Å². The first-order valence-corrected chi connectivity index (χ1v) is 8.54. The molecule has 0 amide bonds. The van der Waals surface area contributed by atoms with Crippen LogP contribution in [0.2, 0.25) is 0 Å². The topological polar surface area (TPSA) is 134 Å². The molecular weight excluding hydrogens is 406 g/mol. The van der Waals surface area contributed by atoms with Gasteiger partial charge in [-0.3, -0.25) is 0 Å². The van der Waals surface area contributed by atoms with Gasteiger partial charge < -0.3 is 0 Å². The van der Waals surface area contributed by atoms with Crippen LogP contribution < -0.4 is 109 Å². The maximum absolute atomic E-state index is 10.1. The van der Waals surface area contributed by atoms with Crippen molar-refractivity contribution in [2.45, 2.75) is 0 Å². The molecule has 0 bridgehead atoms. The summed E-state index contributed by atoms with van der Waals surface area (Å²) in [7, 11) is 0. The minimum atomic E-state index is -3.97. The van der Waals surface area contributed by atoms with Gasteiger partial charge in [0.05, 0.1) is 0 Å². The standard InChI is InChI=1S/As3O7.3Na/c4-1(5)9-3(8)10-2(6)7;;;/q-5;3*+1. The fourth-order valence-electron chi connectivity index (χ4n) is 0.124. The molecule has 0 N–H and O–H groups in total. The predicted octanol–water partition coefficient (Wildman–Crippen LogP) is -16.2. The third-order valence-electron chi connectivity index (χ3n) is 0.267. The number of hydrogen-bond donors (Lipinski definition) is 0. The Morgan fingerprint density at radius 1 is 0.615 bits per heavy atom. The molecule has 0 atom stereocenters. The summed E-state index contributed by atoms with van der Waals surface area (Å²) in [5, 5.41) is 0. The maximum atomic E-state index is 10.1. The Bertz CT molecular complexity index is 81.1. The van der Waals surface area contributed by atoms with Gasteiger partial charge >= 0.3 is 162 Å². The van der Waals surface area contributed by atoms with E-state index in [9.17, 15) is 20.5 Å². The van der Waals surface area contributed by atoms with Crippen LogP contribution in [0, 0.1) is 0 Å². The monoisotopic (exact) mass is 406 g/mol. The summed E-state index contributed by atoms with van der Waals surface area (Å²) in [6.45, 7) is 0. The molecule has 0 radical (unpaired) electrons. The van der Waals surface area contributed by atoms with E-state index < -0.39 is 47.0 Å². The molecule has 0 saturated heterocycles. The van der Waals surface area contributed by atoms with Crippen molar-refractivity contribution >= 4 is 47.0 Å². The summed E-state index contributed by atoms with van der Waals surface area (Å²) in [5.74, 6) is 0. The second-order valence-electron chi connectivity index (χ2n) is 0.834. The van der Waals surface area contributed by atoms with Crippen LogP contribution in [0.25, 0.3) is 0 Å². The summed E-state index contributed by atoms with van der Waals surface area (Å²) >= 11 is -11.7. The van der Waals surface area contributed by atoms with Crippen LogP contribution in [0.4, 0.5) is 0 Å². The molecule has 7 nitrogen and oxygen atoms in total. The second kappa shape index (κ2) is 16.4. The molecule has 0 unspecified atom stereocenters. The molecule has 0 aromatic heterocycles. The van der Waals surface area contributed by atoms with E-state index in [1.54, 1.807) is 0 Å². The summed E-state index contributed by atoms with van der Waals surface area (Å²) in [6.07, 6.45) is 0. The molecule has 13 heteroatoms. The van der Waals surface area contributed by atoms with Crippen molar-refractivity contribution in [3.63, 3.8) is 0 Å². The van der Waals surface area contributed by atoms with Crippen LogP contribution in [0.1, 0.15) is 0 Å². The molecule has 0 heterocycles. The Labute approximate surface area is 158 Å². The molecule has 13 heavy (non-hydrogen) atoms. The van der Waals surface area contributed by atoms with Crippen molar-refractivity contribution in [2.75, 3.05) is 0 Å². The van der Waals surface area contributed by atoms with Gasteiger partial charge in [0.25, 0.3) is 0 Å². The van der Waals surface area contributed by atoms with Crippen LogP contribution in [-0.4, -0.2) is 47.0 Å². The van der Waals surface area contributed by atoms with E-state index in [1.807, 2.05) is 0 Å². The zero-order valence-electron chi connectivity index (χ0n) is 7.20. The first-order chi connectivity index (χ1) is 4.52. The fraction of sp³-hybridized carbons (Fsp3) is 0. The van der Waals surface area contributed by atoms with E-state index in [2.05, 4.69) is 5.43 Å². The van der Waals surface area contributed by atoms with Crippen LogP contribution in [-0.2, 0) is 5.43 Å². The van der Waals surface area contributed by atoms with E-state index in [0.717, 1.165) is 0 Å². The summed E-state index contributed by atoms with van der Waals surface area (Å²) in [4.78, 5) is 0. The van der Waals surface area contributed by atoms with Gasteiger partial charge in [-0.2, -0.15) is 0 Å². The molecule has 0 aromatic rings. The fourth-order valence-corrected chi connectivity index (χ4v) is 5.03. The normalized spacial score (nSPS) is 9.23. The average molecular weight is 406 g/mol. The van der Waals surface area contributed by atoms with Crippen molar-refractivity contribution in [3.05, 3.63) is 0 Å².